The van der Waals surface area contributed by atoms with Gasteiger partial charge in [-0.1, -0.05) is 36.4 Å². The summed E-state index contributed by atoms with van der Waals surface area (Å²) in [5.74, 6) is 1.67. The fourth-order valence-corrected chi connectivity index (χ4v) is 5.74. The lowest BCUT2D eigenvalue weighted by atomic mass is 9.98. The number of nitrogens with zero attached hydrogens (tertiary/aromatic N) is 4. The van der Waals surface area contributed by atoms with Gasteiger partial charge in [-0.3, -0.25) is 5.10 Å². The zero-order valence-electron chi connectivity index (χ0n) is 19.8. The molecule has 0 bridgehead atoms. The lowest BCUT2D eigenvalue weighted by Gasteiger charge is -2.28. The van der Waals surface area contributed by atoms with E-state index in [-0.39, 0.29) is 0 Å². The van der Waals surface area contributed by atoms with Crippen LogP contribution in [0.2, 0.25) is 0 Å². The Morgan fingerprint density at radius 3 is 2.66 bits per heavy atom. The maximum Gasteiger partial charge on any atom is 0.162 e. The van der Waals surface area contributed by atoms with Crippen molar-refractivity contribution in [1.29, 1.82) is 0 Å². The second kappa shape index (κ2) is 8.71. The van der Waals surface area contributed by atoms with Crippen LogP contribution in [-0.2, 0) is 11.2 Å². The molecule has 0 atom stereocenters. The van der Waals surface area contributed by atoms with E-state index in [2.05, 4.69) is 51.5 Å². The Hall–Kier alpha value is -3.33. The predicted molar refractivity (Wildman–Crippen MR) is 141 cm³/mol. The average molecular weight is 486 g/mol. The monoisotopic (exact) mass is 485 g/mol. The van der Waals surface area contributed by atoms with Crippen molar-refractivity contribution in [2.75, 3.05) is 31.2 Å². The van der Waals surface area contributed by atoms with Crippen molar-refractivity contribution in [2.45, 2.75) is 25.9 Å². The third-order valence-corrected chi connectivity index (χ3v) is 7.43. The molecule has 0 spiro atoms. The first-order valence-corrected chi connectivity index (χ1v) is 12.6. The molecule has 7 nitrogen and oxygen atoms in total. The summed E-state index contributed by atoms with van der Waals surface area (Å²) in [5, 5.41) is 18.4. The van der Waals surface area contributed by atoms with Crippen molar-refractivity contribution in [2.24, 2.45) is 0 Å². The third-order valence-electron chi connectivity index (χ3n) is 6.27. The van der Waals surface area contributed by atoms with Gasteiger partial charge in [0.25, 0.3) is 0 Å². The summed E-state index contributed by atoms with van der Waals surface area (Å²) < 4.78 is 6.69. The Bertz CT molecular complexity index is 1490. The minimum Gasteiger partial charge on any atom is -0.390 e. The van der Waals surface area contributed by atoms with E-state index in [9.17, 15) is 5.11 Å². The van der Waals surface area contributed by atoms with Crippen molar-refractivity contribution in [1.82, 2.24) is 20.2 Å². The van der Waals surface area contributed by atoms with Crippen LogP contribution in [0, 0.1) is 0 Å². The van der Waals surface area contributed by atoms with Crippen LogP contribution in [0.15, 0.2) is 54.7 Å². The van der Waals surface area contributed by atoms with Crippen LogP contribution in [-0.4, -0.2) is 57.2 Å². The molecule has 0 radical (unpaired) electrons. The summed E-state index contributed by atoms with van der Waals surface area (Å²) in [6.45, 7) is 6.67. The van der Waals surface area contributed by atoms with E-state index in [1.54, 1.807) is 11.3 Å². The lowest BCUT2D eigenvalue weighted by molar-refractivity contribution is 0.0810. The number of H-pyrrole nitrogens is 1. The van der Waals surface area contributed by atoms with Crippen LogP contribution in [0.1, 0.15) is 19.4 Å². The zero-order chi connectivity index (χ0) is 24.0. The summed E-state index contributed by atoms with van der Waals surface area (Å²) in [6, 6.07) is 16.7. The van der Waals surface area contributed by atoms with Crippen LogP contribution in [0.5, 0.6) is 0 Å². The van der Waals surface area contributed by atoms with Crippen LogP contribution in [0.25, 0.3) is 42.9 Å². The number of aromatic amines is 1. The van der Waals surface area contributed by atoms with Crippen molar-refractivity contribution < 1.29 is 9.84 Å². The highest BCUT2D eigenvalue weighted by Gasteiger charge is 2.21. The molecule has 0 unspecified atom stereocenters. The molecule has 4 heterocycles. The number of hydrogen-bond donors (Lipinski definition) is 2. The maximum absolute atomic E-state index is 10.1. The molecule has 178 valence electrons. The Morgan fingerprint density at radius 1 is 1.09 bits per heavy atom. The van der Waals surface area contributed by atoms with Crippen LogP contribution < -0.4 is 4.90 Å². The zero-order valence-corrected chi connectivity index (χ0v) is 20.6. The topological polar surface area (TPSA) is 87.2 Å². The van der Waals surface area contributed by atoms with Gasteiger partial charge in [0, 0.05) is 35.3 Å². The molecule has 0 aliphatic carbocycles. The number of aliphatic hydroxyl groups is 1. The van der Waals surface area contributed by atoms with Crippen molar-refractivity contribution in [3.05, 3.63) is 60.3 Å². The number of anilines is 1. The summed E-state index contributed by atoms with van der Waals surface area (Å²) >= 11 is 1.72. The van der Waals surface area contributed by atoms with Gasteiger partial charge in [0.15, 0.2) is 11.6 Å². The first-order chi connectivity index (χ1) is 16.9. The number of morpholine rings is 1. The van der Waals surface area contributed by atoms with Gasteiger partial charge in [0.2, 0.25) is 0 Å². The average Bonchev–Trinajstić information content (AvgIpc) is 3.50. The molecule has 1 saturated heterocycles. The van der Waals surface area contributed by atoms with E-state index in [0.717, 1.165) is 61.6 Å². The molecule has 2 aromatic carbocycles. The molecule has 0 saturated carbocycles. The number of hydrogen-bond acceptors (Lipinski definition) is 7. The molecular weight excluding hydrogens is 458 g/mol. The van der Waals surface area contributed by atoms with Gasteiger partial charge in [-0.05, 0) is 37.1 Å². The molecule has 1 aliphatic rings. The van der Waals surface area contributed by atoms with Crippen molar-refractivity contribution in [3.8, 4) is 21.8 Å². The fourth-order valence-electron chi connectivity index (χ4n) is 4.62. The lowest BCUT2D eigenvalue weighted by Crippen LogP contribution is -2.36. The number of fused-ring (bicyclic) bond motifs is 2. The first kappa shape index (κ1) is 22.2. The van der Waals surface area contributed by atoms with Gasteiger partial charge in [-0.15, -0.1) is 11.3 Å². The number of nitrogens with one attached hydrogen (secondary N) is 1. The highest BCUT2D eigenvalue weighted by molar-refractivity contribution is 7.22. The van der Waals surface area contributed by atoms with Crippen LogP contribution in [0.3, 0.4) is 0 Å². The molecule has 1 fully saturated rings. The molecule has 5 aromatic rings. The van der Waals surface area contributed by atoms with E-state index < -0.39 is 5.60 Å². The largest absolute Gasteiger partial charge is 0.390 e. The summed E-state index contributed by atoms with van der Waals surface area (Å²) in [5.41, 5.74) is 4.41. The van der Waals surface area contributed by atoms with E-state index in [1.807, 2.05) is 32.2 Å². The molecule has 3 aromatic heterocycles. The van der Waals surface area contributed by atoms with E-state index in [0.29, 0.717) is 25.5 Å². The summed E-state index contributed by atoms with van der Waals surface area (Å²) in [6.07, 6.45) is 2.45. The number of rotatable bonds is 5. The van der Waals surface area contributed by atoms with Crippen LogP contribution >= 0.6 is 11.3 Å². The second-order valence-electron chi connectivity index (χ2n) is 9.62. The molecule has 2 N–H and O–H groups in total. The minimum atomic E-state index is -0.726. The van der Waals surface area contributed by atoms with Gasteiger partial charge in [0.05, 0.1) is 40.7 Å². The van der Waals surface area contributed by atoms with Gasteiger partial charge >= 0.3 is 0 Å². The molecular formula is C27H27N5O2S. The second-order valence-corrected chi connectivity index (χ2v) is 10.7. The maximum atomic E-state index is 10.1. The number of aromatic nitrogens is 4. The smallest absolute Gasteiger partial charge is 0.162 e. The molecule has 0 amide bonds. The van der Waals surface area contributed by atoms with Crippen molar-refractivity contribution >= 4 is 38.3 Å². The summed E-state index contributed by atoms with van der Waals surface area (Å²) in [4.78, 5) is 13.6. The molecule has 35 heavy (non-hydrogen) atoms. The Kier molecular flexibility index (Phi) is 5.51. The van der Waals surface area contributed by atoms with Gasteiger partial charge < -0.3 is 14.7 Å². The number of thiophene rings is 1. The van der Waals surface area contributed by atoms with Crippen molar-refractivity contribution in [3.63, 3.8) is 0 Å². The quantitative estimate of drug-likeness (QED) is 0.362. The van der Waals surface area contributed by atoms with Crippen LogP contribution in [0.4, 0.5) is 5.82 Å². The van der Waals surface area contributed by atoms with E-state index in [4.69, 9.17) is 14.7 Å². The fraction of sp³-hybridized carbons (Fsp3) is 0.296. The SMILES string of the molecule is CC(C)(O)Cc1ccc(-c2cc3nc(-c4cccc5[nH]ncc45)nc(N4CCOCC4)c3s2)cc1. The number of ether oxygens (including phenoxy) is 1. The minimum absolute atomic E-state index is 0.620. The summed E-state index contributed by atoms with van der Waals surface area (Å²) in [7, 11) is 0. The van der Waals surface area contributed by atoms with E-state index in [1.165, 1.54) is 0 Å². The van der Waals surface area contributed by atoms with Gasteiger partial charge in [-0.2, -0.15) is 5.10 Å². The Balaban J connectivity index is 1.46. The normalized spacial score (nSPS) is 14.8. The Labute approximate surface area is 207 Å². The third kappa shape index (κ3) is 4.40. The van der Waals surface area contributed by atoms with E-state index >= 15 is 0 Å². The highest BCUT2D eigenvalue weighted by atomic mass is 32.1. The predicted octanol–water partition coefficient (Wildman–Crippen LogP) is 5.05. The highest BCUT2D eigenvalue weighted by Crippen LogP contribution is 2.39. The van der Waals surface area contributed by atoms with Gasteiger partial charge in [-0.25, -0.2) is 9.97 Å². The molecule has 8 heteroatoms. The first-order valence-electron chi connectivity index (χ1n) is 11.8. The molecule has 6 rings (SSSR count). The number of benzene rings is 2. The van der Waals surface area contributed by atoms with Gasteiger partial charge in [0.1, 0.15) is 0 Å². The Morgan fingerprint density at radius 2 is 1.89 bits per heavy atom. The standard InChI is InChI=1S/C27H27N5O2S/c1-27(2,33)15-17-6-8-18(9-7-17)23-14-22-24(35-23)26(32-10-12-34-13-11-32)30-25(29-22)19-4-3-5-21-20(19)16-28-31-21/h3-9,14,16,33H,10-13,15H2,1-2H3,(H,28,31). The molecule has 1 aliphatic heterocycles.